The summed E-state index contributed by atoms with van der Waals surface area (Å²) in [6.45, 7) is 5.46. The predicted octanol–water partition coefficient (Wildman–Crippen LogP) is 5.07. The van der Waals surface area contributed by atoms with Crippen LogP contribution in [0.3, 0.4) is 0 Å². The highest BCUT2D eigenvalue weighted by atomic mass is 16.5. The zero-order valence-corrected chi connectivity index (χ0v) is 16.6. The molecule has 0 unspecified atom stereocenters. The van der Waals surface area contributed by atoms with Gasteiger partial charge in [0.15, 0.2) is 5.78 Å². The van der Waals surface area contributed by atoms with Crippen LogP contribution in [0.25, 0.3) is 0 Å². The fourth-order valence-corrected chi connectivity index (χ4v) is 2.67. The van der Waals surface area contributed by atoms with Crippen molar-refractivity contribution in [2.45, 2.75) is 26.9 Å². The number of nitrogens with one attached hydrogen (secondary N) is 2. The highest BCUT2D eigenvalue weighted by Gasteiger charge is 2.09. The molecule has 0 saturated heterocycles. The summed E-state index contributed by atoms with van der Waals surface area (Å²) < 4.78 is 5.63. The molecule has 0 radical (unpaired) electrons. The Labute approximate surface area is 169 Å². The zero-order valence-electron chi connectivity index (χ0n) is 16.6. The number of ether oxygens (including phenoxy) is 1. The van der Waals surface area contributed by atoms with Gasteiger partial charge in [0.05, 0.1) is 6.10 Å². The van der Waals surface area contributed by atoms with Crippen molar-refractivity contribution < 1.29 is 14.3 Å². The van der Waals surface area contributed by atoms with E-state index in [9.17, 15) is 9.59 Å². The first kappa shape index (κ1) is 20.1. The summed E-state index contributed by atoms with van der Waals surface area (Å²) in [5.74, 6) is 1.08. The van der Waals surface area contributed by atoms with Crippen molar-refractivity contribution in [3.05, 3.63) is 78.0 Å². The van der Waals surface area contributed by atoms with Crippen molar-refractivity contribution in [2.24, 2.45) is 0 Å². The van der Waals surface area contributed by atoms with Gasteiger partial charge in [0.2, 0.25) is 0 Å². The molecule has 2 N–H and O–H groups in total. The van der Waals surface area contributed by atoms with Crippen molar-refractivity contribution in [1.29, 1.82) is 0 Å². The molecule has 0 aliphatic heterocycles. The first-order chi connectivity index (χ1) is 13.9. The third-order valence-electron chi connectivity index (χ3n) is 4.07. The maximum atomic E-state index is 12.5. The van der Waals surface area contributed by atoms with Gasteiger partial charge >= 0.3 is 0 Å². The lowest BCUT2D eigenvalue weighted by Gasteiger charge is -2.11. The molecule has 6 nitrogen and oxygen atoms in total. The second kappa shape index (κ2) is 9.01. The van der Waals surface area contributed by atoms with Crippen LogP contribution in [0.4, 0.5) is 17.2 Å². The van der Waals surface area contributed by atoms with Gasteiger partial charge in [-0.25, -0.2) is 4.98 Å². The molecule has 0 saturated carbocycles. The van der Waals surface area contributed by atoms with Crippen molar-refractivity contribution >= 4 is 28.9 Å². The van der Waals surface area contributed by atoms with E-state index in [-0.39, 0.29) is 17.8 Å². The average Bonchev–Trinajstić information content (AvgIpc) is 2.70. The molecule has 0 fully saturated rings. The topological polar surface area (TPSA) is 80.3 Å². The van der Waals surface area contributed by atoms with E-state index in [4.69, 9.17) is 4.74 Å². The fourth-order valence-electron chi connectivity index (χ4n) is 2.67. The summed E-state index contributed by atoms with van der Waals surface area (Å²) >= 11 is 0. The fraction of sp³-hybridized carbons (Fsp3) is 0.174. The molecule has 1 amide bonds. The van der Waals surface area contributed by atoms with Crippen LogP contribution >= 0.6 is 0 Å². The number of carbonyl (C=O) groups is 2. The molecule has 2 aromatic carbocycles. The van der Waals surface area contributed by atoms with Crippen LogP contribution in [-0.4, -0.2) is 22.8 Å². The van der Waals surface area contributed by atoms with Crippen molar-refractivity contribution in [3.8, 4) is 5.75 Å². The maximum absolute atomic E-state index is 12.5. The van der Waals surface area contributed by atoms with Crippen molar-refractivity contribution in [1.82, 2.24) is 4.98 Å². The van der Waals surface area contributed by atoms with E-state index in [1.165, 1.54) is 6.92 Å². The SMILES string of the molecule is CC(=O)c1ccc(NC(=O)c2ccnc(Nc3ccc(OC(C)C)cc3)c2)cc1. The lowest BCUT2D eigenvalue weighted by atomic mass is 10.1. The second-order valence-corrected chi connectivity index (χ2v) is 6.83. The minimum absolute atomic E-state index is 0.0171. The van der Waals surface area contributed by atoms with Gasteiger partial charge in [0.25, 0.3) is 5.91 Å². The molecule has 0 spiro atoms. The minimum atomic E-state index is -0.258. The molecule has 3 aromatic rings. The van der Waals surface area contributed by atoms with Crippen LogP contribution in [0.5, 0.6) is 5.75 Å². The normalized spacial score (nSPS) is 10.5. The lowest BCUT2D eigenvalue weighted by Crippen LogP contribution is -2.12. The highest BCUT2D eigenvalue weighted by molar-refractivity contribution is 6.05. The summed E-state index contributed by atoms with van der Waals surface area (Å²) in [6, 6.07) is 17.6. The monoisotopic (exact) mass is 389 g/mol. The first-order valence-corrected chi connectivity index (χ1v) is 9.33. The second-order valence-electron chi connectivity index (χ2n) is 6.83. The molecular weight excluding hydrogens is 366 g/mol. The molecule has 3 rings (SSSR count). The number of hydrogen-bond acceptors (Lipinski definition) is 5. The Morgan fingerprint density at radius 1 is 0.897 bits per heavy atom. The van der Waals surface area contributed by atoms with Crippen LogP contribution in [0.1, 0.15) is 41.5 Å². The van der Waals surface area contributed by atoms with Gasteiger partial charge in [-0.15, -0.1) is 0 Å². The van der Waals surface area contributed by atoms with E-state index >= 15 is 0 Å². The number of anilines is 3. The van der Waals surface area contributed by atoms with Gasteiger partial charge < -0.3 is 15.4 Å². The number of ketones is 1. The summed E-state index contributed by atoms with van der Waals surface area (Å²) in [6.07, 6.45) is 1.69. The van der Waals surface area contributed by atoms with Gasteiger partial charge in [0, 0.05) is 28.7 Å². The third-order valence-corrected chi connectivity index (χ3v) is 4.07. The van der Waals surface area contributed by atoms with E-state index in [0.29, 0.717) is 22.6 Å². The van der Waals surface area contributed by atoms with Crippen LogP contribution in [0.2, 0.25) is 0 Å². The Bertz CT molecular complexity index is 997. The summed E-state index contributed by atoms with van der Waals surface area (Å²) in [4.78, 5) is 28.1. The molecule has 0 bridgehead atoms. The summed E-state index contributed by atoms with van der Waals surface area (Å²) in [7, 11) is 0. The molecule has 6 heteroatoms. The first-order valence-electron chi connectivity index (χ1n) is 9.33. The number of carbonyl (C=O) groups excluding carboxylic acids is 2. The van der Waals surface area contributed by atoms with Gasteiger partial charge in [-0.05, 0) is 81.4 Å². The summed E-state index contributed by atoms with van der Waals surface area (Å²) in [5.41, 5.74) is 2.53. The molecule has 0 atom stereocenters. The van der Waals surface area contributed by atoms with E-state index in [2.05, 4.69) is 15.6 Å². The van der Waals surface area contributed by atoms with E-state index < -0.39 is 0 Å². The Morgan fingerprint density at radius 2 is 1.55 bits per heavy atom. The molecule has 0 aliphatic carbocycles. The minimum Gasteiger partial charge on any atom is -0.491 e. The quantitative estimate of drug-likeness (QED) is 0.552. The smallest absolute Gasteiger partial charge is 0.255 e. The molecule has 1 heterocycles. The van der Waals surface area contributed by atoms with E-state index in [1.54, 1.807) is 42.6 Å². The van der Waals surface area contributed by atoms with Gasteiger partial charge in [-0.2, -0.15) is 0 Å². The van der Waals surface area contributed by atoms with E-state index in [1.807, 2.05) is 38.1 Å². The number of aromatic nitrogens is 1. The number of amides is 1. The third kappa shape index (κ3) is 5.65. The van der Waals surface area contributed by atoms with Crippen LogP contribution in [0, 0.1) is 0 Å². The predicted molar refractivity (Wildman–Crippen MR) is 114 cm³/mol. The lowest BCUT2D eigenvalue weighted by molar-refractivity contribution is 0.101. The Hall–Kier alpha value is -3.67. The van der Waals surface area contributed by atoms with Crippen LogP contribution < -0.4 is 15.4 Å². The van der Waals surface area contributed by atoms with Gasteiger partial charge in [0.1, 0.15) is 11.6 Å². The number of rotatable bonds is 7. The zero-order chi connectivity index (χ0) is 20.8. The number of Topliss-reactive ketones (excluding diaryl/α,β-unsaturated/α-hetero) is 1. The number of nitrogens with zero attached hydrogens (tertiary/aromatic N) is 1. The Kier molecular flexibility index (Phi) is 6.24. The summed E-state index contributed by atoms with van der Waals surface area (Å²) in [5, 5.41) is 6.00. The molecule has 0 aliphatic rings. The highest BCUT2D eigenvalue weighted by Crippen LogP contribution is 2.20. The number of hydrogen-bond donors (Lipinski definition) is 2. The standard InChI is InChI=1S/C23H23N3O3/c1-15(2)29-21-10-8-19(9-11-21)25-22-14-18(12-13-24-22)23(28)26-20-6-4-17(5-7-20)16(3)27/h4-15H,1-3H3,(H,24,25)(H,26,28). The Balaban J connectivity index is 1.66. The van der Waals surface area contributed by atoms with Crippen molar-refractivity contribution in [2.75, 3.05) is 10.6 Å². The number of benzene rings is 2. The molecule has 148 valence electrons. The maximum Gasteiger partial charge on any atom is 0.255 e. The average molecular weight is 389 g/mol. The largest absolute Gasteiger partial charge is 0.491 e. The van der Waals surface area contributed by atoms with Crippen LogP contribution in [0.15, 0.2) is 66.9 Å². The number of pyridine rings is 1. The molecule has 1 aromatic heterocycles. The van der Waals surface area contributed by atoms with Gasteiger partial charge in [-0.3, -0.25) is 9.59 Å². The van der Waals surface area contributed by atoms with E-state index in [0.717, 1.165) is 11.4 Å². The van der Waals surface area contributed by atoms with Crippen molar-refractivity contribution in [3.63, 3.8) is 0 Å². The van der Waals surface area contributed by atoms with Gasteiger partial charge in [-0.1, -0.05) is 0 Å². The molecular formula is C23H23N3O3. The van der Waals surface area contributed by atoms with Crippen LogP contribution in [-0.2, 0) is 0 Å². The Morgan fingerprint density at radius 3 is 2.17 bits per heavy atom. The molecule has 29 heavy (non-hydrogen) atoms.